The number of fused-ring (bicyclic) bond motifs is 1. The number of nitrogens with zero attached hydrogens (tertiary/aromatic N) is 3. The number of nitro benzene ring substituents is 1. The number of methoxy groups -OCH3 is 1. The zero-order valence-corrected chi connectivity index (χ0v) is 21.0. The molecule has 2 amide bonds. The first-order valence-electron chi connectivity index (χ1n) is 12.0. The standard InChI is InChI=1S/C28H24N6O5/c1-17-24(28(36)32-21-13-7-9-15-23(21)39-2)25(19-12-6-8-14-22(19)34(37)38)33-26(30-17)20(16-29-33)27(35)31-18-10-4-3-5-11-18/h3-16,25,30H,1-2H3,(H,31,35)(H,32,36)/t25-/m1/s1. The highest BCUT2D eigenvalue weighted by molar-refractivity contribution is 6.10. The average Bonchev–Trinajstić information content (AvgIpc) is 3.36. The lowest BCUT2D eigenvalue weighted by Gasteiger charge is -2.30. The maximum Gasteiger partial charge on any atom is 0.275 e. The van der Waals surface area contributed by atoms with E-state index in [1.807, 2.05) is 6.07 Å². The third-order valence-electron chi connectivity index (χ3n) is 6.33. The van der Waals surface area contributed by atoms with Crippen LogP contribution < -0.4 is 20.7 Å². The van der Waals surface area contributed by atoms with Crippen LogP contribution in [0.1, 0.15) is 28.9 Å². The van der Waals surface area contributed by atoms with Crippen molar-refractivity contribution < 1.29 is 19.2 Å². The summed E-state index contributed by atoms with van der Waals surface area (Å²) in [6.07, 6.45) is 1.37. The molecule has 1 aliphatic heterocycles. The Morgan fingerprint density at radius 3 is 2.41 bits per heavy atom. The molecule has 1 aliphatic rings. The summed E-state index contributed by atoms with van der Waals surface area (Å²) in [6.45, 7) is 1.67. The number of rotatable bonds is 7. The lowest BCUT2D eigenvalue weighted by atomic mass is 9.93. The Morgan fingerprint density at radius 2 is 1.67 bits per heavy atom. The van der Waals surface area contributed by atoms with Gasteiger partial charge in [-0.1, -0.05) is 42.5 Å². The number of carbonyl (C=O) groups is 2. The molecule has 11 nitrogen and oxygen atoms in total. The topological polar surface area (TPSA) is 140 Å². The van der Waals surface area contributed by atoms with Crippen molar-refractivity contribution in [3.63, 3.8) is 0 Å². The van der Waals surface area contributed by atoms with Crippen molar-refractivity contribution in [2.45, 2.75) is 13.0 Å². The number of carbonyl (C=O) groups excluding carboxylic acids is 2. The third kappa shape index (κ3) is 4.80. The van der Waals surface area contributed by atoms with Gasteiger partial charge in [0, 0.05) is 17.5 Å². The van der Waals surface area contributed by atoms with E-state index >= 15 is 0 Å². The van der Waals surface area contributed by atoms with Crippen molar-refractivity contribution in [1.82, 2.24) is 9.78 Å². The average molecular weight is 525 g/mol. The molecule has 4 aromatic rings. The Balaban J connectivity index is 1.61. The van der Waals surface area contributed by atoms with Gasteiger partial charge in [-0.15, -0.1) is 0 Å². The molecule has 2 heterocycles. The maximum atomic E-state index is 13.7. The number of hydrogen-bond acceptors (Lipinski definition) is 7. The van der Waals surface area contributed by atoms with Gasteiger partial charge in [0.25, 0.3) is 17.5 Å². The van der Waals surface area contributed by atoms with E-state index in [9.17, 15) is 19.7 Å². The van der Waals surface area contributed by atoms with Crippen LogP contribution in [0.2, 0.25) is 0 Å². The van der Waals surface area contributed by atoms with Gasteiger partial charge >= 0.3 is 0 Å². The van der Waals surface area contributed by atoms with Crippen LogP contribution in [0.3, 0.4) is 0 Å². The van der Waals surface area contributed by atoms with E-state index in [0.717, 1.165) is 0 Å². The molecule has 196 valence electrons. The van der Waals surface area contributed by atoms with Crippen LogP contribution in [-0.4, -0.2) is 33.6 Å². The van der Waals surface area contributed by atoms with Crippen LogP contribution in [0.4, 0.5) is 22.9 Å². The number of para-hydroxylation sites is 4. The Morgan fingerprint density at radius 1 is 0.974 bits per heavy atom. The zero-order valence-electron chi connectivity index (χ0n) is 21.0. The van der Waals surface area contributed by atoms with Crippen molar-refractivity contribution in [2.24, 2.45) is 0 Å². The van der Waals surface area contributed by atoms with E-state index in [0.29, 0.717) is 28.6 Å². The van der Waals surface area contributed by atoms with Crippen molar-refractivity contribution in [1.29, 1.82) is 0 Å². The second kappa shape index (κ2) is 10.5. The molecule has 0 saturated heterocycles. The SMILES string of the molecule is COc1ccccc1NC(=O)C1=C(C)Nc2c(C(=O)Nc3ccccc3)cnn2[C@@H]1c1ccccc1[N+](=O)[O-]. The summed E-state index contributed by atoms with van der Waals surface area (Å²) in [5, 5.41) is 25.2. The van der Waals surface area contributed by atoms with Crippen LogP contribution in [0.25, 0.3) is 0 Å². The second-order valence-corrected chi connectivity index (χ2v) is 8.71. The molecule has 0 aliphatic carbocycles. The Bertz CT molecular complexity index is 1610. The number of allylic oxidation sites excluding steroid dienone is 1. The Hall–Kier alpha value is -5.45. The highest BCUT2D eigenvalue weighted by Crippen LogP contribution is 2.41. The Labute approximate surface area is 223 Å². The molecule has 0 bridgehead atoms. The van der Waals surface area contributed by atoms with E-state index < -0.39 is 22.8 Å². The van der Waals surface area contributed by atoms with Gasteiger partial charge in [-0.2, -0.15) is 5.10 Å². The van der Waals surface area contributed by atoms with Gasteiger partial charge < -0.3 is 20.7 Å². The molecule has 0 radical (unpaired) electrons. The number of nitrogens with one attached hydrogen (secondary N) is 3. The molecule has 1 aromatic heterocycles. The van der Waals surface area contributed by atoms with Crippen molar-refractivity contribution in [3.05, 3.63) is 118 Å². The van der Waals surface area contributed by atoms with Gasteiger partial charge in [-0.05, 0) is 37.3 Å². The van der Waals surface area contributed by atoms with Crippen LogP contribution in [0, 0.1) is 10.1 Å². The molecule has 0 fully saturated rings. The molecule has 0 unspecified atom stereocenters. The smallest absolute Gasteiger partial charge is 0.275 e. The lowest BCUT2D eigenvalue weighted by molar-refractivity contribution is -0.385. The number of amides is 2. The largest absolute Gasteiger partial charge is 0.495 e. The predicted molar refractivity (Wildman–Crippen MR) is 146 cm³/mol. The highest BCUT2D eigenvalue weighted by atomic mass is 16.6. The van der Waals surface area contributed by atoms with E-state index in [-0.39, 0.29) is 22.4 Å². The molecular formula is C28H24N6O5. The molecular weight excluding hydrogens is 500 g/mol. The molecule has 11 heteroatoms. The van der Waals surface area contributed by atoms with Crippen molar-refractivity contribution in [3.8, 4) is 5.75 Å². The van der Waals surface area contributed by atoms with E-state index in [1.54, 1.807) is 73.7 Å². The fraction of sp³-hybridized carbons (Fsp3) is 0.107. The summed E-state index contributed by atoms with van der Waals surface area (Å²) in [4.78, 5) is 38.4. The van der Waals surface area contributed by atoms with E-state index in [4.69, 9.17) is 4.74 Å². The highest BCUT2D eigenvalue weighted by Gasteiger charge is 2.38. The fourth-order valence-corrected chi connectivity index (χ4v) is 4.55. The summed E-state index contributed by atoms with van der Waals surface area (Å²) in [7, 11) is 1.49. The minimum absolute atomic E-state index is 0.184. The van der Waals surface area contributed by atoms with Crippen LogP contribution in [0.15, 0.2) is 96.3 Å². The molecule has 0 saturated carbocycles. The van der Waals surface area contributed by atoms with Gasteiger partial charge in [0.05, 0.1) is 35.1 Å². The number of anilines is 3. The number of aromatic nitrogens is 2. The Kier molecular flexibility index (Phi) is 6.79. The summed E-state index contributed by atoms with van der Waals surface area (Å²) in [5.74, 6) is -0.178. The molecule has 1 atom stereocenters. The summed E-state index contributed by atoms with van der Waals surface area (Å²) in [5.41, 5.74) is 1.90. The first-order chi connectivity index (χ1) is 18.9. The van der Waals surface area contributed by atoms with Gasteiger partial charge in [0.1, 0.15) is 23.2 Å². The third-order valence-corrected chi connectivity index (χ3v) is 6.33. The fourth-order valence-electron chi connectivity index (χ4n) is 4.55. The molecule has 3 N–H and O–H groups in total. The molecule has 5 rings (SSSR count). The first-order valence-corrected chi connectivity index (χ1v) is 12.0. The van der Waals surface area contributed by atoms with E-state index in [1.165, 1.54) is 24.1 Å². The summed E-state index contributed by atoms with van der Waals surface area (Å²) < 4.78 is 6.78. The minimum Gasteiger partial charge on any atom is -0.495 e. The minimum atomic E-state index is -1.00. The van der Waals surface area contributed by atoms with E-state index in [2.05, 4.69) is 21.0 Å². The number of hydrogen-bond donors (Lipinski definition) is 3. The second-order valence-electron chi connectivity index (χ2n) is 8.71. The first kappa shape index (κ1) is 25.2. The predicted octanol–water partition coefficient (Wildman–Crippen LogP) is 4.98. The normalized spacial score (nSPS) is 14.2. The lowest BCUT2D eigenvalue weighted by Crippen LogP contribution is -2.32. The number of benzene rings is 3. The van der Waals surface area contributed by atoms with Crippen LogP contribution in [-0.2, 0) is 4.79 Å². The molecule has 3 aromatic carbocycles. The summed E-state index contributed by atoms with van der Waals surface area (Å²) >= 11 is 0. The summed E-state index contributed by atoms with van der Waals surface area (Å²) in [6, 6.07) is 21.0. The number of nitro groups is 1. The number of ether oxygens (including phenoxy) is 1. The van der Waals surface area contributed by atoms with Gasteiger partial charge in [-0.3, -0.25) is 19.7 Å². The van der Waals surface area contributed by atoms with Crippen molar-refractivity contribution >= 4 is 34.7 Å². The quantitative estimate of drug-likeness (QED) is 0.229. The van der Waals surface area contributed by atoms with Gasteiger partial charge in [0.15, 0.2) is 0 Å². The van der Waals surface area contributed by atoms with Gasteiger partial charge in [0.2, 0.25) is 0 Å². The maximum absolute atomic E-state index is 13.7. The van der Waals surface area contributed by atoms with Crippen LogP contribution >= 0.6 is 0 Å². The monoisotopic (exact) mass is 524 g/mol. The zero-order chi connectivity index (χ0) is 27.5. The van der Waals surface area contributed by atoms with Gasteiger partial charge in [-0.25, -0.2) is 4.68 Å². The molecule has 39 heavy (non-hydrogen) atoms. The van der Waals surface area contributed by atoms with Crippen LogP contribution in [0.5, 0.6) is 5.75 Å². The molecule has 0 spiro atoms. The van der Waals surface area contributed by atoms with Crippen molar-refractivity contribution in [2.75, 3.05) is 23.1 Å².